The lowest BCUT2D eigenvalue weighted by Gasteiger charge is -2.46. The molecule has 14 heteroatoms. The number of unbranched alkanes of at least 4 members (excludes halogenated alkanes) is 48. The molecule has 2 saturated heterocycles. The van der Waals surface area contributed by atoms with Gasteiger partial charge in [-0.05, 0) is 57.8 Å². The van der Waals surface area contributed by atoms with Gasteiger partial charge in [0.15, 0.2) is 12.6 Å². The first-order valence-corrected chi connectivity index (χ1v) is 41.0. The number of hydrogen-bond donors (Lipinski definition) is 9. The monoisotopic (exact) mass is 1370 g/mol. The normalized spacial score (nSPS) is 22.4. The van der Waals surface area contributed by atoms with Crippen LogP contribution in [0.15, 0.2) is 60.8 Å². The molecule has 0 aromatic carbocycles. The molecule has 568 valence electrons. The fourth-order valence-corrected chi connectivity index (χ4v) is 13.5. The predicted molar refractivity (Wildman–Crippen MR) is 401 cm³/mol. The number of amides is 1. The van der Waals surface area contributed by atoms with Gasteiger partial charge < -0.3 is 65.1 Å². The Morgan fingerprint density at radius 2 is 0.711 bits per heavy atom. The Morgan fingerprint density at radius 1 is 0.381 bits per heavy atom. The SMILES string of the molecule is CC/C=C\C/C=C\C/C=C\C/C=C\CCCCCCCCCCCCCCCCCCCCCCCCCCCCCCC(=O)NC(COC1OC(CO)C(OC2OC(CO)C(O)C(O)C2O)C(O)C1O)C(O)/C=C/CCCCCCCCCCCCCCCCCCCCCC. The maximum Gasteiger partial charge on any atom is 0.220 e. The van der Waals surface area contributed by atoms with E-state index >= 15 is 0 Å². The highest BCUT2D eigenvalue weighted by atomic mass is 16.7. The Morgan fingerprint density at radius 3 is 1.09 bits per heavy atom. The average molecular weight is 1370 g/mol. The first-order valence-electron chi connectivity index (χ1n) is 41.0. The van der Waals surface area contributed by atoms with Gasteiger partial charge in [0, 0.05) is 6.42 Å². The first kappa shape index (κ1) is 90.8. The van der Waals surface area contributed by atoms with Crippen LogP contribution in [0, 0.1) is 0 Å². The second kappa shape index (κ2) is 66.9. The molecule has 0 radical (unpaired) electrons. The van der Waals surface area contributed by atoms with Crippen molar-refractivity contribution in [3.8, 4) is 0 Å². The lowest BCUT2D eigenvalue weighted by Crippen LogP contribution is -2.65. The third-order valence-corrected chi connectivity index (χ3v) is 20.0. The van der Waals surface area contributed by atoms with Crippen LogP contribution in [0.4, 0.5) is 0 Å². The van der Waals surface area contributed by atoms with Crippen LogP contribution in [0.3, 0.4) is 0 Å². The van der Waals surface area contributed by atoms with Crippen molar-refractivity contribution in [1.29, 1.82) is 0 Å². The van der Waals surface area contributed by atoms with Crippen molar-refractivity contribution in [2.75, 3.05) is 19.8 Å². The largest absolute Gasteiger partial charge is 0.394 e. The molecule has 0 bridgehead atoms. The van der Waals surface area contributed by atoms with Gasteiger partial charge in [0.1, 0.15) is 48.8 Å². The standard InChI is InChI=1S/C83H153NO13/c1-3-5-7-9-11-13-15-17-19-21-23-25-27-28-29-30-31-32-33-34-35-36-37-38-39-40-41-42-43-44-45-47-49-51-53-55-57-59-61-63-65-67-75(88)84-71(70-94-82-80(93)78(91)81(74(69-86)96-82)97-83-79(92)77(90)76(89)73(68-85)95-83)72(87)66-64-62-60-58-56-54-52-50-48-46-26-24-22-20-18-16-14-12-10-8-6-4-2/h5,7,11,13,17,19,23,25,64,66,71-74,76-83,85-87,89-93H,3-4,6,8-10,12,14-16,18,20-22,24,26-63,65,67-70H2,1-2H3,(H,84,88)/b7-5-,13-11-,19-17-,25-23-,66-64+. The summed E-state index contributed by atoms with van der Waals surface area (Å²) in [5.41, 5.74) is 0. The zero-order valence-electron chi connectivity index (χ0n) is 62.3. The van der Waals surface area contributed by atoms with E-state index in [1.807, 2.05) is 6.08 Å². The van der Waals surface area contributed by atoms with E-state index in [4.69, 9.17) is 18.9 Å². The smallest absolute Gasteiger partial charge is 0.220 e. The zero-order valence-corrected chi connectivity index (χ0v) is 62.3. The molecule has 14 nitrogen and oxygen atoms in total. The Bertz CT molecular complexity index is 1860. The summed E-state index contributed by atoms with van der Waals surface area (Å²) >= 11 is 0. The highest BCUT2D eigenvalue weighted by molar-refractivity contribution is 5.76. The van der Waals surface area contributed by atoms with Crippen LogP contribution in [0.2, 0.25) is 0 Å². The number of allylic oxidation sites excluding steroid dienone is 9. The van der Waals surface area contributed by atoms with Crippen molar-refractivity contribution < 1.29 is 64.6 Å². The van der Waals surface area contributed by atoms with E-state index in [1.165, 1.54) is 276 Å². The number of rotatable bonds is 69. The lowest BCUT2D eigenvalue weighted by atomic mass is 9.97. The van der Waals surface area contributed by atoms with Gasteiger partial charge in [-0.1, -0.05) is 364 Å². The maximum absolute atomic E-state index is 13.4. The van der Waals surface area contributed by atoms with E-state index in [0.29, 0.717) is 6.42 Å². The molecule has 97 heavy (non-hydrogen) atoms. The molecular weight excluding hydrogens is 1220 g/mol. The average Bonchev–Trinajstić information content (AvgIpc) is 0.794. The van der Waals surface area contributed by atoms with Crippen LogP contribution < -0.4 is 5.32 Å². The second-order valence-corrected chi connectivity index (χ2v) is 28.9. The van der Waals surface area contributed by atoms with Crippen LogP contribution in [0.5, 0.6) is 0 Å². The van der Waals surface area contributed by atoms with Crippen LogP contribution in [0.1, 0.15) is 367 Å². The minimum absolute atomic E-state index is 0.231. The summed E-state index contributed by atoms with van der Waals surface area (Å²) in [5.74, 6) is -0.231. The molecule has 2 fully saturated rings. The molecule has 1 amide bonds. The number of aliphatic hydroxyl groups is 8. The van der Waals surface area contributed by atoms with Crippen molar-refractivity contribution in [3.63, 3.8) is 0 Å². The number of aliphatic hydroxyl groups excluding tert-OH is 8. The molecule has 2 aliphatic heterocycles. The Hall–Kier alpha value is -2.31. The van der Waals surface area contributed by atoms with E-state index < -0.39 is 86.8 Å². The van der Waals surface area contributed by atoms with Gasteiger partial charge in [0.05, 0.1) is 32.0 Å². The van der Waals surface area contributed by atoms with Crippen molar-refractivity contribution in [1.82, 2.24) is 5.32 Å². The lowest BCUT2D eigenvalue weighted by molar-refractivity contribution is -0.359. The van der Waals surface area contributed by atoms with E-state index in [2.05, 4.69) is 67.8 Å². The predicted octanol–water partition coefficient (Wildman–Crippen LogP) is 18.7. The number of carbonyl (C=O) groups excluding carboxylic acids is 1. The first-order chi connectivity index (χ1) is 47.6. The van der Waals surface area contributed by atoms with Gasteiger partial charge in [-0.2, -0.15) is 0 Å². The van der Waals surface area contributed by atoms with E-state index in [-0.39, 0.29) is 18.9 Å². The molecule has 0 aromatic rings. The van der Waals surface area contributed by atoms with Crippen LogP contribution in [0.25, 0.3) is 0 Å². The minimum Gasteiger partial charge on any atom is -0.394 e. The summed E-state index contributed by atoms with van der Waals surface area (Å²) in [5, 5.41) is 87.7. The molecule has 9 N–H and O–H groups in total. The van der Waals surface area contributed by atoms with Crippen LogP contribution in [-0.2, 0) is 23.7 Å². The second-order valence-electron chi connectivity index (χ2n) is 28.9. The third kappa shape index (κ3) is 49.9. The highest BCUT2D eigenvalue weighted by Crippen LogP contribution is 2.30. The molecule has 2 rings (SSSR count). The quantitative estimate of drug-likeness (QED) is 0.0204. The summed E-state index contributed by atoms with van der Waals surface area (Å²) in [6.07, 6.45) is 74.6. The van der Waals surface area contributed by atoms with Gasteiger partial charge in [-0.3, -0.25) is 4.79 Å². The van der Waals surface area contributed by atoms with Crippen molar-refractivity contribution in [2.24, 2.45) is 0 Å². The van der Waals surface area contributed by atoms with Gasteiger partial charge in [0.2, 0.25) is 5.91 Å². The molecule has 0 spiro atoms. The summed E-state index contributed by atoms with van der Waals surface area (Å²) in [6.45, 7) is 2.74. The van der Waals surface area contributed by atoms with Crippen LogP contribution in [-0.4, -0.2) is 140 Å². The molecule has 2 aliphatic rings. The topological polar surface area (TPSA) is 228 Å². The molecule has 0 aliphatic carbocycles. The zero-order chi connectivity index (χ0) is 70.1. The number of carbonyl (C=O) groups is 1. The van der Waals surface area contributed by atoms with Gasteiger partial charge in [0.25, 0.3) is 0 Å². The van der Waals surface area contributed by atoms with Crippen molar-refractivity contribution >= 4 is 5.91 Å². The summed E-state index contributed by atoms with van der Waals surface area (Å²) < 4.78 is 22.9. The Balaban J connectivity index is 1.55. The van der Waals surface area contributed by atoms with Gasteiger partial charge in [-0.15, -0.1) is 0 Å². The molecule has 0 aromatic heterocycles. The Labute approximate surface area is 594 Å². The highest BCUT2D eigenvalue weighted by Gasteiger charge is 2.51. The molecule has 12 unspecified atom stereocenters. The van der Waals surface area contributed by atoms with Crippen LogP contribution >= 0.6 is 0 Å². The molecule has 0 saturated carbocycles. The summed E-state index contributed by atoms with van der Waals surface area (Å²) in [6, 6.07) is -0.915. The van der Waals surface area contributed by atoms with E-state index in [0.717, 1.165) is 64.2 Å². The van der Waals surface area contributed by atoms with Gasteiger partial charge in [-0.25, -0.2) is 0 Å². The maximum atomic E-state index is 13.4. The van der Waals surface area contributed by atoms with Crippen molar-refractivity contribution in [2.45, 2.75) is 441 Å². The number of hydrogen-bond acceptors (Lipinski definition) is 13. The minimum atomic E-state index is -1.79. The van der Waals surface area contributed by atoms with Crippen molar-refractivity contribution in [3.05, 3.63) is 60.8 Å². The summed E-state index contributed by atoms with van der Waals surface area (Å²) in [7, 11) is 0. The van der Waals surface area contributed by atoms with Gasteiger partial charge >= 0.3 is 0 Å². The fraction of sp³-hybridized carbons (Fsp3) is 0.867. The Kier molecular flexibility index (Phi) is 62.6. The van der Waals surface area contributed by atoms with E-state index in [9.17, 15) is 45.6 Å². The molecular formula is C83H153NO13. The number of nitrogens with one attached hydrogen (secondary N) is 1. The molecule has 2 heterocycles. The fourth-order valence-electron chi connectivity index (χ4n) is 13.5. The number of ether oxygens (including phenoxy) is 4. The van der Waals surface area contributed by atoms with E-state index in [1.54, 1.807) is 6.08 Å². The third-order valence-electron chi connectivity index (χ3n) is 20.0. The molecule has 12 atom stereocenters. The summed E-state index contributed by atoms with van der Waals surface area (Å²) in [4.78, 5) is 13.4.